The highest BCUT2D eigenvalue weighted by Crippen LogP contribution is 2.42. The van der Waals surface area contributed by atoms with Crippen LogP contribution in [0.3, 0.4) is 0 Å². The highest BCUT2D eigenvalue weighted by atomic mass is 32.2. The SMILES string of the molecule is CSc1nc(OC(C)(C)C)c2c(n1)oc1c(OS(=O)(=O)C(F)(F)F)nsc12. The van der Waals surface area contributed by atoms with Crippen molar-refractivity contribution in [2.24, 2.45) is 0 Å². The lowest BCUT2D eigenvalue weighted by molar-refractivity contribution is -0.0500. The van der Waals surface area contributed by atoms with E-state index in [1.807, 2.05) is 0 Å². The van der Waals surface area contributed by atoms with Gasteiger partial charge in [0.15, 0.2) is 5.16 Å². The van der Waals surface area contributed by atoms with E-state index in [2.05, 4.69) is 18.5 Å². The maximum atomic E-state index is 12.6. The quantitative estimate of drug-likeness (QED) is 0.256. The normalized spacial score (nSPS) is 13.4. The number of hydrogen-bond acceptors (Lipinski definition) is 10. The molecular weight excluding hydrogens is 431 g/mol. The summed E-state index contributed by atoms with van der Waals surface area (Å²) in [6.07, 6.45) is 1.72. The van der Waals surface area contributed by atoms with E-state index in [4.69, 9.17) is 9.15 Å². The number of halogens is 3. The number of furan rings is 1. The molecule has 0 aliphatic heterocycles. The maximum absolute atomic E-state index is 12.6. The Morgan fingerprint density at radius 1 is 1.15 bits per heavy atom. The van der Waals surface area contributed by atoms with Gasteiger partial charge in [-0.1, -0.05) is 11.8 Å². The monoisotopic (exact) mass is 443 g/mol. The number of thioether (sulfide) groups is 1. The summed E-state index contributed by atoms with van der Waals surface area (Å²) >= 11 is 1.89. The van der Waals surface area contributed by atoms with E-state index in [-0.39, 0.29) is 27.3 Å². The molecule has 0 atom stereocenters. The molecule has 148 valence electrons. The van der Waals surface area contributed by atoms with Crippen molar-refractivity contribution in [1.82, 2.24) is 14.3 Å². The Morgan fingerprint density at radius 3 is 2.37 bits per heavy atom. The van der Waals surface area contributed by atoms with Gasteiger partial charge in [0.1, 0.15) is 15.7 Å². The molecule has 8 nitrogen and oxygen atoms in total. The molecule has 3 heterocycles. The van der Waals surface area contributed by atoms with E-state index in [1.54, 1.807) is 27.0 Å². The smallest absolute Gasteiger partial charge is 0.471 e. The molecule has 0 bridgehead atoms. The van der Waals surface area contributed by atoms with Crippen LogP contribution in [0.5, 0.6) is 11.8 Å². The predicted octanol–water partition coefficient (Wildman–Crippen LogP) is 3.96. The van der Waals surface area contributed by atoms with Gasteiger partial charge in [0, 0.05) is 0 Å². The van der Waals surface area contributed by atoms with Gasteiger partial charge in [-0.3, -0.25) is 0 Å². The molecule has 0 saturated carbocycles. The zero-order chi connectivity index (χ0) is 20.2. The lowest BCUT2D eigenvalue weighted by Crippen LogP contribution is -2.28. The van der Waals surface area contributed by atoms with Gasteiger partial charge in [0.2, 0.25) is 17.2 Å². The first-order chi connectivity index (χ1) is 12.3. The summed E-state index contributed by atoms with van der Waals surface area (Å²) in [5.41, 5.74) is -6.49. The molecule has 0 aliphatic rings. The maximum Gasteiger partial charge on any atom is 0.534 e. The van der Waals surface area contributed by atoms with Crippen molar-refractivity contribution < 1.29 is 34.9 Å². The van der Waals surface area contributed by atoms with Gasteiger partial charge >= 0.3 is 15.6 Å². The van der Waals surface area contributed by atoms with Gasteiger partial charge in [0.25, 0.3) is 5.88 Å². The average molecular weight is 443 g/mol. The Kier molecular flexibility index (Phi) is 4.71. The van der Waals surface area contributed by atoms with Crippen LogP contribution in [0.25, 0.3) is 21.4 Å². The molecule has 3 rings (SSSR count). The van der Waals surface area contributed by atoms with E-state index in [0.29, 0.717) is 16.7 Å². The van der Waals surface area contributed by atoms with Gasteiger partial charge in [-0.2, -0.15) is 35.9 Å². The highest BCUT2D eigenvalue weighted by molar-refractivity contribution is 7.98. The zero-order valence-electron chi connectivity index (χ0n) is 14.2. The van der Waals surface area contributed by atoms with Crippen molar-refractivity contribution in [2.45, 2.75) is 37.0 Å². The molecule has 27 heavy (non-hydrogen) atoms. The molecule has 0 spiro atoms. The molecule has 0 aliphatic carbocycles. The molecule has 0 amide bonds. The fourth-order valence-electron chi connectivity index (χ4n) is 1.94. The fraction of sp³-hybridized carbons (Fsp3) is 0.462. The molecule has 0 N–H and O–H groups in total. The summed E-state index contributed by atoms with van der Waals surface area (Å²) in [6.45, 7) is 5.36. The van der Waals surface area contributed by atoms with Gasteiger partial charge in [0.05, 0.1) is 0 Å². The van der Waals surface area contributed by atoms with Crippen LogP contribution in [0.2, 0.25) is 0 Å². The highest BCUT2D eigenvalue weighted by Gasteiger charge is 2.49. The van der Waals surface area contributed by atoms with Crippen molar-refractivity contribution in [3.8, 4) is 11.8 Å². The van der Waals surface area contributed by atoms with Crippen LogP contribution in [0.1, 0.15) is 20.8 Å². The number of nitrogens with zero attached hydrogens (tertiary/aromatic N) is 3. The first-order valence-electron chi connectivity index (χ1n) is 7.16. The minimum atomic E-state index is -5.89. The van der Waals surface area contributed by atoms with Crippen LogP contribution in [-0.4, -0.2) is 40.1 Å². The fourth-order valence-corrected chi connectivity index (χ4v) is 3.53. The summed E-state index contributed by atoms with van der Waals surface area (Å²) in [4.78, 5) is 8.40. The van der Waals surface area contributed by atoms with Gasteiger partial charge in [-0.15, -0.1) is 0 Å². The number of fused-ring (bicyclic) bond motifs is 3. The van der Waals surface area contributed by atoms with Crippen LogP contribution in [0.4, 0.5) is 13.2 Å². The molecule has 0 radical (unpaired) electrons. The number of ether oxygens (including phenoxy) is 1. The Balaban J connectivity index is 2.20. The number of hydrogen-bond donors (Lipinski definition) is 0. The molecule has 0 aromatic carbocycles. The molecule has 0 unspecified atom stereocenters. The third-order valence-corrected chi connectivity index (χ3v) is 5.25. The third-order valence-electron chi connectivity index (χ3n) is 2.93. The van der Waals surface area contributed by atoms with Crippen molar-refractivity contribution in [3.63, 3.8) is 0 Å². The first-order valence-corrected chi connectivity index (χ1v) is 10.6. The molecule has 14 heteroatoms. The Labute approximate surface area is 159 Å². The van der Waals surface area contributed by atoms with Crippen LogP contribution < -0.4 is 8.92 Å². The summed E-state index contributed by atoms with van der Waals surface area (Å²) in [7, 11) is -5.89. The summed E-state index contributed by atoms with van der Waals surface area (Å²) in [6, 6.07) is 0. The van der Waals surface area contributed by atoms with E-state index in [0.717, 1.165) is 0 Å². The topological polar surface area (TPSA) is 104 Å². The number of aromatic nitrogens is 3. The second-order valence-electron chi connectivity index (χ2n) is 6.14. The van der Waals surface area contributed by atoms with E-state index in [9.17, 15) is 21.6 Å². The predicted molar refractivity (Wildman–Crippen MR) is 92.7 cm³/mol. The second-order valence-corrected chi connectivity index (χ2v) is 9.23. The van der Waals surface area contributed by atoms with Crippen LogP contribution in [-0.2, 0) is 10.1 Å². The largest absolute Gasteiger partial charge is 0.534 e. The average Bonchev–Trinajstić information content (AvgIpc) is 3.03. The minimum absolute atomic E-state index is 0.0199. The third kappa shape index (κ3) is 3.78. The van der Waals surface area contributed by atoms with Crippen molar-refractivity contribution in [3.05, 3.63) is 0 Å². The zero-order valence-corrected chi connectivity index (χ0v) is 16.7. The first kappa shape index (κ1) is 19.9. The van der Waals surface area contributed by atoms with Crippen LogP contribution in [0, 0.1) is 0 Å². The summed E-state index contributed by atoms with van der Waals surface area (Å²) in [5, 5.41) is 0.580. The Bertz CT molecular complexity index is 1120. The lowest BCUT2D eigenvalue weighted by atomic mass is 10.2. The summed E-state index contributed by atoms with van der Waals surface area (Å²) < 4.78 is 79.4. The molecular formula is C13H12F3N3O5S3. The molecule has 3 aromatic heterocycles. The van der Waals surface area contributed by atoms with Crippen LogP contribution in [0.15, 0.2) is 9.57 Å². The van der Waals surface area contributed by atoms with Crippen molar-refractivity contribution in [2.75, 3.05) is 6.26 Å². The Morgan fingerprint density at radius 2 is 1.81 bits per heavy atom. The van der Waals surface area contributed by atoms with Crippen molar-refractivity contribution in [1.29, 1.82) is 0 Å². The van der Waals surface area contributed by atoms with Crippen molar-refractivity contribution >= 4 is 54.8 Å². The van der Waals surface area contributed by atoms with Gasteiger partial charge in [-0.25, -0.2) is 0 Å². The van der Waals surface area contributed by atoms with Gasteiger partial charge < -0.3 is 13.3 Å². The van der Waals surface area contributed by atoms with E-state index >= 15 is 0 Å². The minimum Gasteiger partial charge on any atom is -0.471 e. The van der Waals surface area contributed by atoms with E-state index in [1.165, 1.54) is 11.8 Å². The van der Waals surface area contributed by atoms with E-state index < -0.39 is 27.1 Å². The molecule has 0 fully saturated rings. The van der Waals surface area contributed by atoms with Gasteiger partial charge in [-0.05, 0) is 38.6 Å². The molecule has 0 saturated heterocycles. The van der Waals surface area contributed by atoms with Crippen LogP contribution >= 0.6 is 23.3 Å². The number of alkyl halides is 3. The molecule has 3 aromatic rings. The second kappa shape index (κ2) is 6.38. The standard InChI is InChI=1S/C13H12F3N3O5S3/c1-12(2,3)23-9-5-7-6(22-8(5)17-11(18-9)25-4)10(19-26-7)24-27(20,21)13(14,15)16/h1-4H3. The summed E-state index contributed by atoms with van der Waals surface area (Å²) in [5.74, 6) is -0.679. The number of rotatable bonds is 4. The Hall–Kier alpha value is -1.80. The lowest BCUT2D eigenvalue weighted by Gasteiger charge is -2.20.